The molecule has 0 fully saturated rings. The molecule has 5 rings (SSSR count). The summed E-state index contributed by atoms with van der Waals surface area (Å²) >= 11 is 0. The lowest BCUT2D eigenvalue weighted by Gasteiger charge is -2.25. The molecule has 0 bridgehead atoms. The molecule has 1 aliphatic heterocycles. The van der Waals surface area contributed by atoms with Crippen LogP contribution >= 0.6 is 0 Å². The minimum atomic E-state index is -3.28. The van der Waals surface area contributed by atoms with Crippen molar-refractivity contribution in [2.24, 2.45) is 7.05 Å². The fraction of sp³-hybridized carbons (Fsp3) is 0.300. The van der Waals surface area contributed by atoms with Gasteiger partial charge < -0.3 is 9.55 Å². The van der Waals surface area contributed by atoms with Crippen molar-refractivity contribution in [3.8, 4) is 0 Å². The minimum Gasteiger partial charge on any atom is -0.361 e. The standard InChI is InChI=1S/C20H21N5O3S/c1-23-18-12-24(29(2,27)28)8-7-15(18)16-10-22-25(20(26)19(16)23)11-13-9-21-17-6-4-3-5-14(13)17/h3-6,9-10,21H,7-8,11-12H2,1-2H3. The Kier molecular flexibility index (Phi) is 3.94. The van der Waals surface area contributed by atoms with Gasteiger partial charge in [-0.3, -0.25) is 4.79 Å². The molecule has 0 radical (unpaired) electrons. The van der Waals surface area contributed by atoms with E-state index in [0.29, 0.717) is 25.0 Å². The normalized spacial score (nSPS) is 15.2. The van der Waals surface area contributed by atoms with Gasteiger partial charge in [-0.1, -0.05) is 18.2 Å². The van der Waals surface area contributed by atoms with Gasteiger partial charge in [0.1, 0.15) is 5.52 Å². The third-order valence-electron chi connectivity index (χ3n) is 5.83. The topological polar surface area (TPSA) is 93.0 Å². The Labute approximate surface area is 167 Å². The van der Waals surface area contributed by atoms with E-state index in [-0.39, 0.29) is 12.1 Å². The average molecular weight is 411 g/mol. The van der Waals surface area contributed by atoms with E-state index in [9.17, 15) is 13.2 Å². The van der Waals surface area contributed by atoms with E-state index in [0.717, 1.165) is 33.1 Å². The molecule has 0 saturated carbocycles. The quantitative estimate of drug-likeness (QED) is 0.554. The second-order valence-corrected chi connectivity index (χ2v) is 9.54. The van der Waals surface area contributed by atoms with Crippen LogP contribution in [-0.2, 0) is 36.6 Å². The minimum absolute atomic E-state index is 0.171. The highest BCUT2D eigenvalue weighted by Crippen LogP contribution is 2.29. The first-order chi connectivity index (χ1) is 13.8. The van der Waals surface area contributed by atoms with E-state index in [1.54, 1.807) is 6.20 Å². The van der Waals surface area contributed by atoms with E-state index in [1.807, 2.05) is 42.1 Å². The number of H-pyrrole nitrogens is 1. The molecule has 9 heteroatoms. The van der Waals surface area contributed by atoms with Crippen molar-refractivity contribution in [1.29, 1.82) is 0 Å². The van der Waals surface area contributed by atoms with E-state index >= 15 is 0 Å². The first-order valence-electron chi connectivity index (χ1n) is 9.41. The number of benzene rings is 1. The number of fused-ring (bicyclic) bond motifs is 4. The highest BCUT2D eigenvalue weighted by molar-refractivity contribution is 7.88. The Balaban J connectivity index is 1.61. The van der Waals surface area contributed by atoms with Crippen molar-refractivity contribution in [2.75, 3.05) is 12.8 Å². The number of aryl methyl sites for hydroxylation is 1. The molecule has 0 aliphatic carbocycles. The number of hydrogen-bond acceptors (Lipinski definition) is 4. The Bertz CT molecular complexity index is 1430. The summed E-state index contributed by atoms with van der Waals surface area (Å²) in [5, 5.41) is 6.30. The molecule has 150 valence electrons. The van der Waals surface area contributed by atoms with Crippen LogP contribution in [-0.4, -0.2) is 44.9 Å². The summed E-state index contributed by atoms with van der Waals surface area (Å²) in [6.45, 7) is 1.06. The van der Waals surface area contributed by atoms with Crippen LogP contribution < -0.4 is 5.56 Å². The van der Waals surface area contributed by atoms with Gasteiger partial charge in [0, 0.05) is 41.8 Å². The number of nitrogens with one attached hydrogen (secondary N) is 1. The summed E-state index contributed by atoms with van der Waals surface area (Å²) in [5.41, 5.74) is 4.30. The summed E-state index contributed by atoms with van der Waals surface area (Å²) < 4.78 is 28.7. The molecule has 0 amide bonds. The molecule has 4 aromatic rings. The van der Waals surface area contributed by atoms with Crippen LogP contribution in [0.5, 0.6) is 0 Å². The maximum atomic E-state index is 13.2. The van der Waals surface area contributed by atoms with Gasteiger partial charge in [0.05, 0.1) is 25.5 Å². The Morgan fingerprint density at radius 2 is 2.00 bits per heavy atom. The lowest BCUT2D eigenvalue weighted by Crippen LogP contribution is -2.35. The van der Waals surface area contributed by atoms with Crippen molar-refractivity contribution in [1.82, 2.24) is 23.6 Å². The van der Waals surface area contributed by atoms with Gasteiger partial charge in [0.15, 0.2) is 0 Å². The molecule has 0 spiro atoms. The van der Waals surface area contributed by atoms with Crippen molar-refractivity contribution in [2.45, 2.75) is 19.5 Å². The van der Waals surface area contributed by atoms with Crippen LogP contribution in [0.25, 0.3) is 21.8 Å². The molecular formula is C20H21N5O3S. The van der Waals surface area contributed by atoms with Gasteiger partial charge in [0.25, 0.3) is 5.56 Å². The molecule has 0 atom stereocenters. The van der Waals surface area contributed by atoms with Crippen LogP contribution in [0.1, 0.15) is 16.8 Å². The fourth-order valence-corrected chi connectivity index (χ4v) is 5.08. The van der Waals surface area contributed by atoms with Gasteiger partial charge in [-0.05, 0) is 23.6 Å². The van der Waals surface area contributed by atoms with Crippen molar-refractivity contribution in [3.05, 3.63) is 63.8 Å². The summed E-state index contributed by atoms with van der Waals surface area (Å²) in [5.74, 6) is 0. The summed E-state index contributed by atoms with van der Waals surface area (Å²) in [4.78, 5) is 16.5. The fourth-order valence-electron chi connectivity index (χ4n) is 4.30. The van der Waals surface area contributed by atoms with Gasteiger partial charge in [0.2, 0.25) is 10.0 Å². The highest BCUT2D eigenvalue weighted by Gasteiger charge is 2.28. The smallest absolute Gasteiger partial charge is 0.291 e. The number of aromatic nitrogens is 4. The molecule has 0 saturated heterocycles. The van der Waals surface area contributed by atoms with Crippen LogP contribution in [0, 0.1) is 0 Å². The third-order valence-corrected chi connectivity index (χ3v) is 7.08. The second kappa shape index (κ2) is 6.30. The predicted molar refractivity (Wildman–Crippen MR) is 111 cm³/mol. The predicted octanol–water partition coefficient (Wildman–Crippen LogP) is 1.58. The van der Waals surface area contributed by atoms with E-state index in [1.165, 1.54) is 15.2 Å². The first-order valence-corrected chi connectivity index (χ1v) is 11.3. The number of sulfonamides is 1. The second-order valence-electron chi connectivity index (χ2n) is 7.56. The van der Waals surface area contributed by atoms with Crippen molar-refractivity contribution < 1.29 is 8.42 Å². The van der Waals surface area contributed by atoms with Crippen LogP contribution in [0.4, 0.5) is 0 Å². The Morgan fingerprint density at radius 1 is 1.21 bits per heavy atom. The Morgan fingerprint density at radius 3 is 2.79 bits per heavy atom. The van der Waals surface area contributed by atoms with Gasteiger partial charge in [-0.25, -0.2) is 13.1 Å². The van der Waals surface area contributed by atoms with E-state index in [2.05, 4.69) is 10.1 Å². The largest absolute Gasteiger partial charge is 0.361 e. The third kappa shape index (κ3) is 2.80. The van der Waals surface area contributed by atoms with E-state index in [4.69, 9.17) is 0 Å². The number of aromatic amines is 1. The maximum Gasteiger partial charge on any atom is 0.291 e. The number of rotatable bonds is 3. The molecule has 1 N–H and O–H groups in total. The summed E-state index contributed by atoms with van der Waals surface area (Å²) in [6.07, 6.45) is 5.44. The van der Waals surface area contributed by atoms with Crippen LogP contribution in [0.3, 0.4) is 0 Å². The zero-order valence-corrected chi connectivity index (χ0v) is 17.0. The molecule has 8 nitrogen and oxygen atoms in total. The lowest BCUT2D eigenvalue weighted by molar-refractivity contribution is 0.386. The maximum absolute atomic E-state index is 13.2. The SMILES string of the molecule is Cn1c2c(c3cnn(Cc4c[nH]c5ccccc45)c(=O)c31)CCN(S(C)(=O)=O)C2. The summed E-state index contributed by atoms with van der Waals surface area (Å²) in [7, 11) is -1.45. The monoisotopic (exact) mass is 411 g/mol. The molecule has 1 aliphatic rings. The molecular weight excluding hydrogens is 390 g/mol. The number of hydrogen-bond donors (Lipinski definition) is 1. The zero-order chi connectivity index (χ0) is 20.3. The molecule has 1 aromatic carbocycles. The van der Waals surface area contributed by atoms with Crippen molar-refractivity contribution >= 4 is 31.8 Å². The van der Waals surface area contributed by atoms with Crippen molar-refractivity contribution in [3.63, 3.8) is 0 Å². The molecule has 0 unspecified atom stereocenters. The zero-order valence-electron chi connectivity index (χ0n) is 16.2. The number of nitrogens with zero attached hydrogens (tertiary/aromatic N) is 4. The number of para-hydroxylation sites is 1. The summed E-state index contributed by atoms with van der Waals surface area (Å²) in [6, 6.07) is 7.95. The average Bonchev–Trinajstić information content (AvgIpc) is 3.23. The first kappa shape index (κ1) is 18.1. The van der Waals surface area contributed by atoms with Gasteiger partial charge in [-0.2, -0.15) is 9.40 Å². The van der Waals surface area contributed by atoms with E-state index < -0.39 is 10.0 Å². The molecule has 4 heterocycles. The Hall–Kier alpha value is -2.91. The van der Waals surface area contributed by atoms with Gasteiger partial charge in [-0.15, -0.1) is 0 Å². The lowest BCUT2D eigenvalue weighted by atomic mass is 10.1. The highest BCUT2D eigenvalue weighted by atomic mass is 32.2. The van der Waals surface area contributed by atoms with Crippen LogP contribution in [0.15, 0.2) is 41.5 Å². The molecule has 29 heavy (non-hydrogen) atoms. The van der Waals surface area contributed by atoms with Gasteiger partial charge >= 0.3 is 0 Å². The molecule has 3 aromatic heterocycles. The van der Waals surface area contributed by atoms with Crippen LogP contribution in [0.2, 0.25) is 0 Å².